The Hall–Kier alpha value is -5.00. The van der Waals surface area contributed by atoms with Crippen molar-refractivity contribution in [3.05, 3.63) is 60.5 Å². The Morgan fingerprint density at radius 2 is 1.83 bits per heavy atom. The van der Waals surface area contributed by atoms with Crippen LogP contribution in [0.1, 0.15) is 64.0 Å². The summed E-state index contributed by atoms with van der Waals surface area (Å²) in [7, 11) is -2.50. The number of fused-ring (bicyclic) bond motifs is 1. The van der Waals surface area contributed by atoms with Crippen LogP contribution in [-0.4, -0.2) is 114 Å². The van der Waals surface area contributed by atoms with E-state index in [-0.39, 0.29) is 45.4 Å². The van der Waals surface area contributed by atoms with Crippen LogP contribution in [0.3, 0.4) is 0 Å². The molecule has 2 aliphatic heterocycles. The lowest BCUT2D eigenvalue weighted by molar-refractivity contribution is -0.141. The fourth-order valence-corrected chi connectivity index (χ4v) is 7.98. The summed E-state index contributed by atoms with van der Waals surface area (Å²) in [6.45, 7) is 11.7. The summed E-state index contributed by atoms with van der Waals surface area (Å²) in [5, 5.41) is 4.48. The predicted octanol–water partition coefficient (Wildman–Crippen LogP) is 1.84. The number of carbonyl (C=O) groups is 6. The van der Waals surface area contributed by atoms with Gasteiger partial charge in [-0.05, 0) is 64.2 Å². The van der Waals surface area contributed by atoms with Crippen LogP contribution in [0.25, 0.3) is 0 Å². The van der Waals surface area contributed by atoms with Crippen molar-refractivity contribution in [2.75, 3.05) is 20.1 Å². The van der Waals surface area contributed by atoms with Crippen LogP contribution < -0.4 is 15.4 Å². The number of benzene rings is 1. The lowest BCUT2D eigenvalue weighted by atomic mass is 10.1. The van der Waals surface area contributed by atoms with Gasteiger partial charge in [0.05, 0.1) is 18.3 Å². The molecule has 0 radical (unpaired) electrons. The van der Waals surface area contributed by atoms with Gasteiger partial charge in [-0.2, -0.15) is 0 Å². The van der Waals surface area contributed by atoms with Crippen LogP contribution in [-0.2, 0) is 51.8 Å². The number of sulfonamides is 1. The number of halogens is 1. The minimum atomic E-state index is -3.97. The zero-order chi connectivity index (χ0) is 39.7. The van der Waals surface area contributed by atoms with Gasteiger partial charge in [-0.15, -0.1) is 6.58 Å². The highest BCUT2D eigenvalue weighted by Crippen LogP contribution is 2.45. The van der Waals surface area contributed by atoms with Gasteiger partial charge < -0.3 is 29.9 Å². The minimum absolute atomic E-state index is 0.0218. The summed E-state index contributed by atoms with van der Waals surface area (Å²) >= 11 is 0. The molecule has 5 rings (SSSR count). The maximum Gasteiger partial charge on any atom is 0.410 e. The summed E-state index contributed by atoms with van der Waals surface area (Å²) < 4.78 is 53.0. The van der Waals surface area contributed by atoms with E-state index in [2.05, 4.69) is 28.5 Å². The first-order valence-electron chi connectivity index (χ1n) is 17.7. The molecular formula is C36H47FN6O10S. The van der Waals surface area contributed by atoms with Crippen LogP contribution in [0, 0.1) is 11.7 Å². The Labute approximate surface area is 313 Å². The molecule has 2 saturated carbocycles. The normalized spacial score (nSPS) is 23.7. The average Bonchev–Trinajstić information content (AvgIpc) is 3.99. The summed E-state index contributed by atoms with van der Waals surface area (Å²) in [5.41, 5.74) is -1.65. The minimum Gasteiger partial charge on any atom is -0.444 e. The Balaban J connectivity index is 1.39. The number of rotatable bonds is 13. The molecule has 5 atom stereocenters. The molecular weight excluding hydrogens is 727 g/mol. The molecule has 0 aromatic heterocycles. The Bertz CT molecular complexity index is 1850. The summed E-state index contributed by atoms with van der Waals surface area (Å²) in [6.07, 6.45) is 0.189. The first-order chi connectivity index (χ1) is 25.3. The van der Waals surface area contributed by atoms with Gasteiger partial charge in [-0.3, -0.25) is 28.8 Å². The predicted molar refractivity (Wildman–Crippen MR) is 191 cm³/mol. The van der Waals surface area contributed by atoms with Gasteiger partial charge in [0.25, 0.3) is 5.91 Å². The molecule has 2 aliphatic carbocycles. The fourth-order valence-electron chi connectivity index (χ4n) is 6.62. The molecule has 18 heteroatoms. The number of nitrogens with one attached hydrogen (secondary N) is 3. The lowest BCUT2D eigenvalue weighted by Gasteiger charge is -2.31. The van der Waals surface area contributed by atoms with Crippen molar-refractivity contribution < 1.29 is 51.0 Å². The Morgan fingerprint density at radius 1 is 1.13 bits per heavy atom. The number of likely N-dealkylation sites (N-methyl/N-ethyl adjacent to an activating group) is 1. The van der Waals surface area contributed by atoms with E-state index in [1.807, 2.05) is 0 Å². The van der Waals surface area contributed by atoms with E-state index >= 15 is 0 Å². The van der Waals surface area contributed by atoms with Crippen molar-refractivity contribution in [3.63, 3.8) is 0 Å². The third kappa shape index (κ3) is 9.02. The molecule has 1 aromatic rings. The molecule has 3 fully saturated rings. The van der Waals surface area contributed by atoms with Crippen molar-refractivity contribution in [3.8, 4) is 0 Å². The molecule has 6 amide bonds. The largest absolute Gasteiger partial charge is 0.444 e. The molecule has 0 spiro atoms. The maximum absolute atomic E-state index is 14.4. The van der Waals surface area contributed by atoms with Gasteiger partial charge in [-0.1, -0.05) is 24.8 Å². The first-order valence-corrected chi connectivity index (χ1v) is 19.2. The van der Waals surface area contributed by atoms with E-state index in [0.717, 1.165) is 11.0 Å². The number of hydrogen-bond acceptors (Lipinski definition) is 10. The topological polar surface area (TPSA) is 201 Å². The second-order valence-corrected chi connectivity index (χ2v) is 17.1. The van der Waals surface area contributed by atoms with Gasteiger partial charge in [0.1, 0.15) is 35.1 Å². The van der Waals surface area contributed by atoms with Gasteiger partial charge in [0.2, 0.25) is 27.7 Å². The highest BCUT2D eigenvalue weighted by molar-refractivity contribution is 7.91. The van der Waals surface area contributed by atoms with Crippen LogP contribution in [0.15, 0.2) is 43.5 Å². The number of amides is 6. The van der Waals surface area contributed by atoms with Crippen LogP contribution in [0.2, 0.25) is 0 Å². The van der Waals surface area contributed by atoms with Crippen molar-refractivity contribution in [2.45, 2.75) is 101 Å². The highest BCUT2D eigenvalue weighted by atomic mass is 32.2. The molecule has 1 aromatic carbocycles. The molecule has 294 valence electrons. The van der Waals surface area contributed by atoms with Crippen molar-refractivity contribution >= 4 is 45.8 Å². The quantitative estimate of drug-likeness (QED) is 0.196. The number of nitrogens with zero attached hydrogens (tertiary/aromatic N) is 3. The van der Waals surface area contributed by atoms with Crippen molar-refractivity contribution in [1.29, 1.82) is 0 Å². The summed E-state index contributed by atoms with van der Waals surface area (Å²) in [6, 6.07) is 1.80. The second kappa shape index (κ2) is 15.4. The van der Waals surface area contributed by atoms with Crippen LogP contribution in [0.5, 0.6) is 0 Å². The van der Waals surface area contributed by atoms with Crippen LogP contribution >= 0.6 is 0 Å². The van der Waals surface area contributed by atoms with E-state index < -0.39 is 92.2 Å². The number of hydrogen-bond donors (Lipinski definition) is 3. The van der Waals surface area contributed by atoms with Crippen LogP contribution in [0.4, 0.5) is 14.0 Å². The zero-order valence-corrected chi connectivity index (χ0v) is 31.6. The Kier molecular flexibility index (Phi) is 11.5. The number of carbonyl (C=O) groups excluding carboxylic acids is 6. The number of likely N-dealkylation sites (tertiary alicyclic amines) is 1. The van der Waals surface area contributed by atoms with E-state index in [4.69, 9.17) is 9.47 Å². The van der Waals surface area contributed by atoms with Crippen molar-refractivity contribution in [2.24, 2.45) is 5.92 Å². The third-order valence-electron chi connectivity index (χ3n) is 9.84. The molecule has 1 saturated heterocycles. The maximum atomic E-state index is 14.4. The molecule has 54 heavy (non-hydrogen) atoms. The molecule has 16 nitrogen and oxygen atoms in total. The molecule has 3 N–H and O–H groups in total. The first kappa shape index (κ1) is 40.2. The van der Waals surface area contributed by atoms with Crippen molar-refractivity contribution in [1.82, 2.24) is 30.1 Å². The molecule has 2 heterocycles. The highest BCUT2D eigenvalue weighted by Gasteiger charge is 2.62. The van der Waals surface area contributed by atoms with Gasteiger partial charge in [0.15, 0.2) is 0 Å². The van der Waals surface area contributed by atoms with E-state index in [0.29, 0.717) is 24.0 Å². The monoisotopic (exact) mass is 774 g/mol. The smallest absolute Gasteiger partial charge is 0.410 e. The number of alkyl carbamates (subject to hydrolysis) is 1. The zero-order valence-electron chi connectivity index (χ0n) is 30.8. The molecule has 2 unspecified atom stereocenters. The SMILES string of the molecule is C=CC(=O)N(C)CC[C@H](NC(=O)OC(C)(C)C)C(=O)N1C[C@H](OC(=O)N2Cc3cccc(F)c3C2)CC1C(=O)N[C@]1(C(=O)NS(=O)(=O)C2CC2)CC1C=C. The van der Waals surface area contributed by atoms with Gasteiger partial charge in [-0.25, -0.2) is 22.4 Å². The lowest BCUT2D eigenvalue weighted by Crippen LogP contribution is -2.58. The third-order valence-corrected chi connectivity index (χ3v) is 11.7. The van der Waals surface area contributed by atoms with E-state index in [1.54, 1.807) is 26.8 Å². The van der Waals surface area contributed by atoms with E-state index in [9.17, 15) is 41.6 Å². The standard InChI is InChI=1S/C36H47FN6O10S/c1-7-22-17-36(22,32(47)40-54(50,51)24-12-13-24)39-30(45)28-16-23(52-34(49)42-18-21-10-9-11-26(37)25(21)20-42)19-43(28)31(46)27(14-15-41(6)29(44)8-2)38-33(48)53-35(3,4)5/h7-11,22-24,27-28H,1-2,12-20H2,3-6H3,(H,38,48)(H,39,45)(H,40,47)/t22?,23-,27+,28?,36-/m1/s1. The van der Waals surface area contributed by atoms with E-state index in [1.165, 1.54) is 35.1 Å². The van der Waals surface area contributed by atoms with Gasteiger partial charge >= 0.3 is 12.2 Å². The average molecular weight is 775 g/mol. The van der Waals surface area contributed by atoms with Gasteiger partial charge in [0, 0.05) is 38.0 Å². The fraction of sp³-hybridized carbons (Fsp3) is 0.556. The number of ether oxygens (including phenoxy) is 2. The molecule has 0 bridgehead atoms. The molecule has 4 aliphatic rings. The summed E-state index contributed by atoms with van der Waals surface area (Å²) in [5.74, 6) is -4.09. The Morgan fingerprint density at radius 3 is 2.43 bits per heavy atom. The summed E-state index contributed by atoms with van der Waals surface area (Å²) in [4.78, 5) is 84.1. The second-order valence-electron chi connectivity index (χ2n) is 15.1.